The van der Waals surface area contributed by atoms with Gasteiger partial charge in [-0.25, -0.2) is 18.2 Å². The summed E-state index contributed by atoms with van der Waals surface area (Å²) < 4.78 is 42.3. The van der Waals surface area contributed by atoms with Gasteiger partial charge in [0.15, 0.2) is 0 Å². The number of alkyl halides is 2. The van der Waals surface area contributed by atoms with Crippen LogP contribution in [0.15, 0.2) is 65.7 Å². The van der Waals surface area contributed by atoms with Crippen molar-refractivity contribution in [3.8, 4) is 6.07 Å². The Bertz CT molecular complexity index is 1630. The molecule has 2 fully saturated rings. The Labute approximate surface area is 254 Å². The predicted molar refractivity (Wildman–Crippen MR) is 155 cm³/mol. The Morgan fingerprint density at radius 2 is 1.95 bits per heavy atom. The number of benzene rings is 2. The van der Waals surface area contributed by atoms with Crippen molar-refractivity contribution in [2.75, 3.05) is 16.1 Å². The van der Waals surface area contributed by atoms with Gasteiger partial charge in [-0.05, 0) is 49.1 Å². The second kappa shape index (κ2) is 12.3. The highest BCUT2D eigenvalue weighted by atomic mass is 35.5. The van der Waals surface area contributed by atoms with E-state index in [4.69, 9.17) is 11.6 Å². The van der Waals surface area contributed by atoms with Crippen LogP contribution in [0.25, 0.3) is 0 Å². The number of rotatable bonds is 8. The number of carbonyl (C=O) groups is 3. The van der Waals surface area contributed by atoms with Gasteiger partial charge in [-0.3, -0.25) is 24.2 Å². The van der Waals surface area contributed by atoms with Gasteiger partial charge >= 0.3 is 0 Å². The van der Waals surface area contributed by atoms with Gasteiger partial charge in [0, 0.05) is 52.7 Å². The Morgan fingerprint density at radius 3 is 2.63 bits per heavy atom. The summed E-state index contributed by atoms with van der Waals surface area (Å²) in [7, 11) is 0. The molecule has 1 saturated heterocycles. The fourth-order valence-electron chi connectivity index (χ4n) is 5.33. The van der Waals surface area contributed by atoms with Crippen LogP contribution in [0.1, 0.15) is 42.9 Å². The first-order valence-corrected chi connectivity index (χ1v) is 14.9. The third-order valence-electron chi connectivity index (χ3n) is 7.37. The lowest BCUT2D eigenvalue weighted by molar-refractivity contribution is -0.133. The highest BCUT2D eigenvalue weighted by molar-refractivity contribution is 7.98. The molecule has 5 rings (SSSR count). The highest BCUT2D eigenvalue weighted by Crippen LogP contribution is 2.40. The van der Waals surface area contributed by atoms with E-state index in [9.17, 15) is 32.8 Å². The van der Waals surface area contributed by atoms with Crippen molar-refractivity contribution >= 4 is 52.6 Å². The minimum absolute atomic E-state index is 0.00592. The van der Waals surface area contributed by atoms with Crippen LogP contribution in [-0.4, -0.2) is 47.0 Å². The molecule has 8 nitrogen and oxygen atoms in total. The average molecular weight is 628 g/mol. The second-order valence-electron chi connectivity index (χ2n) is 10.3. The molecule has 1 aromatic heterocycles. The molecule has 1 aliphatic heterocycles. The standard InChI is InChI=1S/C30H25ClF3N5O3S/c1-43-21-12-18(32)11-20(13-21)38(29(42)24-6-7-26(40)39(24)25-10-17(16-35)8-9-36-25)27(22-4-2-3-5-23(22)31)28(41)37-19-14-30(33,34)15-19/h2-5,8-13,19,24,27H,6-7,14-15H2,1H3,(H,37,41)/t24-,27-/m0/s1. The number of anilines is 2. The Balaban J connectivity index is 1.64. The van der Waals surface area contributed by atoms with E-state index < -0.39 is 60.4 Å². The summed E-state index contributed by atoms with van der Waals surface area (Å²) >= 11 is 7.75. The van der Waals surface area contributed by atoms with Gasteiger partial charge in [0.2, 0.25) is 11.8 Å². The van der Waals surface area contributed by atoms with Gasteiger partial charge in [-0.1, -0.05) is 29.8 Å². The van der Waals surface area contributed by atoms with Crippen LogP contribution in [0.4, 0.5) is 24.7 Å². The molecule has 3 aromatic rings. The molecule has 0 bridgehead atoms. The number of halogens is 4. The quantitative estimate of drug-likeness (QED) is 0.324. The van der Waals surface area contributed by atoms with Crippen LogP contribution in [0, 0.1) is 17.1 Å². The minimum Gasteiger partial charge on any atom is -0.351 e. The van der Waals surface area contributed by atoms with Crippen molar-refractivity contribution in [3.63, 3.8) is 0 Å². The van der Waals surface area contributed by atoms with Gasteiger partial charge in [-0.2, -0.15) is 5.26 Å². The van der Waals surface area contributed by atoms with Crippen LogP contribution >= 0.6 is 23.4 Å². The zero-order valence-corrected chi connectivity index (χ0v) is 24.3. The largest absolute Gasteiger partial charge is 0.351 e. The van der Waals surface area contributed by atoms with Crippen LogP contribution in [0.5, 0.6) is 0 Å². The van der Waals surface area contributed by atoms with Crippen molar-refractivity contribution in [1.29, 1.82) is 5.26 Å². The first kappa shape index (κ1) is 30.4. The van der Waals surface area contributed by atoms with E-state index in [0.717, 1.165) is 11.0 Å². The molecule has 0 unspecified atom stereocenters. The van der Waals surface area contributed by atoms with Crippen molar-refractivity contribution in [2.24, 2.45) is 0 Å². The smallest absolute Gasteiger partial charge is 0.252 e. The molecule has 3 amide bonds. The first-order chi connectivity index (χ1) is 20.5. The maximum absolute atomic E-state index is 14.9. The molecule has 1 saturated carbocycles. The van der Waals surface area contributed by atoms with Gasteiger partial charge < -0.3 is 5.32 Å². The number of hydrogen-bond donors (Lipinski definition) is 1. The summed E-state index contributed by atoms with van der Waals surface area (Å²) in [6, 6.07) is 11.4. The Kier molecular flexibility index (Phi) is 8.66. The molecule has 2 aliphatic rings. The third kappa shape index (κ3) is 6.33. The molecule has 1 N–H and O–H groups in total. The molecular weight excluding hydrogens is 603 g/mol. The highest BCUT2D eigenvalue weighted by Gasteiger charge is 2.48. The Hall–Kier alpha value is -4.08. The predicted octanol–water partition coefficient (Wildman–Crippen LogP) is 5.65. The molecule has 0 radical (unpaired) electrons. The molecule has 222 valence electrons. The molecule has 2 atom stereocenters. The number of nitriles is 1. The number of pyridine rings is 1. The van der Waals surface area contributed by atoms with Gasteiger partial charge in [-0.15, -0.1) is 11.8 Å². The summed E-state index contributed by atoms with van der Waals surface area (Å²) in [6.07, 6.45) is 1.94. The van der Waals surface area contributed by atoms with E-state index in [0.29, 0.717) is 4.90 Å². The summed E-state index contributed by atoms with van der Waals surface area (Å²) in [4.78, 5) is 48.5. The van der Waals surface area contributed by atoms with E-state index in [-0.39, 0.29) is 40.5 Å². The normalized spacial score (nSPS) is 18.5. The summed E-state index contributed by atoms with van der Waals surface area (Å²) in [5.41, 5.74) is 0.399. The fraction of sp³-hybridized carbons (Fsp3) is 0.300. The monoisotopic (exact) mass is 627 g/mol. The van der Waals surface area contributed by atoms with Crippen molar-refractivity contribution in [3.05, 3.63) is 82.8 Å². The lowest BCUT2D eigenvalue weighted by atomic mass is 9.87. The van der Waals surface area contributed by atoms with E-state index >= 15 is 0 Å². The minimum atomic E-state index is -2.92. The molecular formula is C30H25ClF3N5O3S. The fourth-order valence-corrected chi connectivity index (χ4v) is 6.04. The first-order valence-electron chi connectivity index (χ1n) is 13.3. The summed E-state index contributed by atoms with van der Waals surface area (Å²) in [5.74, 6) is -5.50. The van der Waals surface area contributed by atoms with Crippen LogP contribution in [0.3, 0.4) is 0 Å². The number of thioether (sulfide) groups is 1. The molecule has 2 aromatic carbocycles. The number of nitrogens with one attached hydrogen (secondary N) is 1. The number of amides is 3. The van der Waals surface area contributed by atoms with Gasteiger partial charge in [0.1, 0.15) is 23.7 Å². The topological polar surface area (TPSA) is 106 Å². The number of aromatic nitrogens is 1. The van der Waals surface area contributed by atoms with Crippen LogP contribution < -0.4 is 15.1 Å². The molecule has 0 spiro atoms. The maximum atomic E-state index is 14.9. The summed E-state index contributed by atoms with van der Waals surface area (Å²) in [6.45, 7) is 0. The van der Waals surface area contributed by atoms with E-state index in [1.807, 2.05) is 6.07 Å². The number of hydrogen-bond acceptors (Lipinski definition) is 6. The number of carbonyl (C=O) groups excluding carboxylic acids is 3. The third-order valence-corrected chi connectivity index (χ3v) is 8.42. The van der Waals surface area contributed by atoms with Crippen molar-refractivity contribution in [2.45, 2.75) is 54.6 Å². The maximum Gasteiger partial charge on any atom is 0.252 e. The zero-order chi connectivity index (χ0) is 30.9. The van der Waals surface area contributed by atoms with E-state index in [1.54, 1.807) is 18.4 Å². The lowest BCUT2D eigenvalue weighted by Crippen LogP contribution is -2.56. The van der Waals surface area contributed by atoms with Gasteiger partial charge in [0.05, 0.1) is 11.6 Å². The molecule has 43 heavy (non-hydrogen) atoms. The van der Waals surface area contributed by atoms with Crippen LogP contribution in [-0.2, 0) is 14.4 Å². The SMILES string of the molecule is CSc1cc(F)cc(N(C(=O)[C@@H]2CCC(=O)N2c2cc(C#N)ccn2)[C@H](C(=O)NC2CC(F)(F)C2)c2ccccc2Cl)c1. The van der Waals surface area contributed by atoms with E-state index in [2.05, 4.69) is 10.3 Å². The van der Waals surface area contributed by atoms with Gasteiger partial charge in [0.25, 0.3) is 11.8 Å². The zero-order valence-electron chi connectivity index (χ0n) is 22.8. The second-order valence-corrected chi connectivity index (χ2v) is 11.6. The van der Waals surface area contributed by atoms with E-state index in [1.165, 1.54) is 59.3 Å². The molecule has 1 aliphatic carbocycles. The lowest BCUT2D eigenvalue weighted by Gasteiger charge is -2.39. The Morgan fingerprint density at radius 1 is 1.21 bits per heavy atom. The average Bonchev–Trinajstić information content (AvgIpc) is 3.35. The van der Waals surface area contributed by atoms with Crippen molar-refractivity contribution < 1.29 is 27.6 Å². The molecule has 13 heteroatoms. The van der Waals surface area contributed by atoms with Crippen LogP contribution in [0.2, 0.25) is 5.02 Å². The van der Waals surface area contributed by atoms with Crippen molar-refractivity contribution in [1.82, 2.24) is 10.3 Å². The summed E-state index contributed by atoms with van der Waals surface area (Å²) in [5, 5.41) is 12.1. The molecule has 2 heterocycles. The number of nitrogens with zero attached hydrogens (tertiary/aromatic N) is 4.